The molecule has 1 atom stereocenters. The van der Waals surface area contributed by atoms with Gasteiger partial charge in [-0.25, -0.2) is 0 Å². The summed E-state index contributed by atoms with van der Waals surface area (Å²) >= 11 is 1.13. The van der Waals surface area contributed by atoms with Crippen molar-refractivity contribution in [3.63, 3.8) is 0 Å². The van der Waals surface area contributed by atoms with Crippen molar-refractivity contribution in [1.29, 1.82) is 0 Å². The first-order valence-corrected chi connectivity index (χ1v) is 29.3. The number of phenols is 1. The Morgan fingerprint density at radius 1 is 0.590 bits per heavy atom. The van der Waals surface area contributed by atoms with E-state index in [1.807, 2.05) is 6.92 Å². The number of aliphatic hydroxyl groups excluding tert-OH is 1. The summed E-state index contributed by atoms with van der Waals surface area (Å²) < 4.78 is 8.39. The van der Waals surface area contributed by atoms with E-state index in [2.05, 4.69) is 68.0 Å². The van der Waals surface area contributed by atoms with Crippen molar-refractivity contribution >= 4 is 54.9 Å². The molecule has 4 aromatic carbocycles. The second-order valence-electron chi connectivity index (χ2n) is 9.33. The Kier molecular flexibility index (Phi) is 11.5. The van der Waals surface area contributed by atoms with E-state index >= 15 is 0 Å². The topological polar surface area (TPSA) is 92.5 Å². The van der Waals surface area contributed by atoms with Crippen molar-refractivity contribution < 1.29 is 116 Å². The minimum atomic E-state index is -0.611. The van der Waals surface area contributed by atoms with Crippen LogP contribution in [0, 0.1) is 42.2 Å². The average Bonchev–Trinajstić information content (AvgIpc) is 2.90. The zero-order chi connectivity index (χ0) is 29.1. The molecule has 0 aliphatic heterocycles. The minimum absolute atomic E-state index is 0.144. The van der Waals surface area contributed by atoms with Crippen molar-refractivity contribution in [2.45, 2.75) is 40.0 Å². The number of halogens is 6. The number of aryl methyl sites for hydroxylation is 2. The number of hydrogen-bond donors (Lipinski definition) is 4. The predicted molar refractivity (Wildman–Crippen MR) is 152 cm³/mol. The Hall–Kier alpha value is 1.72. The monoisotopic (exact) mass is 1200 g/mol. The SMILES string of the molecule is C[I-]c1c(C(C)O)c([I-]C)c2c(c1[I-]C)c(C(N)N)c(C)c1c(C)c(O)c3c(I)c(C)c([I-]C)c([I-]C)c3c12. The quantitative estimate of drug-likeness (QED) is 0.0488. The molecule has 4 rings (SSSR count). The third kappa shape index (κ3) is 5.25. The summed E-state index contributed by atoms with van der Waals surface area (Å²) in [4.78, 5) is 11.7. The molecule has 0 aliphatic rings. The van der Waals surface area contributed by atoms with Gasteiger partial charge in [0.25, 0.3) is 0 Å². The average molecular weight is 1210 g/mol. The number of rotatable bonds is 7. The normalized spacial score (nSPS) is 13.5. The summed E-state index contributed by atoms with van der Waals surface area (Å²) in [6, 6.07) is 0. The first-order chi connectivity index (χ1) is 18.4. The Bertz CT molecular complexity index is 1650. The number of alkyl halides is 5. The molecule has 0 saturated heterocycles. The van der Waals surface area contributed by atoms with Crippen molar-refractivity contribution in [2.24, 2.45) is 11.5 Å². The van der Waals surface area contributed by atoms with Gasteiger partial charge in [0.15, 0.2) is 0 Å². The van der Waals surface area contributed by atoms with E-state index in [9.17, 15) is 10.2 Å². The van der Waals surface area contributed by atoms with Crippen molar-refractivity contribution in [2.75, 3.05) is 24.7 Å². The molecule has 4 nitrogen and oxygen atoms in total. The molecule has 1 unspecified atom stereocenters. The third-order valence-corrected chi connectivity index (χ3v) is 21.9. The number of fused-ring (bicyclic) bond motifs is 5. The molecule has 0 aliphatic carbocycles. The molecule has 10 heteroatoms. The van der Waals surface area contributed by atoms with Gasteiger partial charge in [-0.15, -0.1) is 0 Å². The first kappa shape index (κ1) is 33.6. The molecule has 0 fully saturated rings. The number of benzene rings is 4. The zero-order valence-corrected chi connectivity index (χ0v) is 36.4. The maximum absolute atomic E-state index is 11.9. The maximum atomic E-state index is 11.9. The summed E-state index contributed by atoms with van der Waals surface area (Å²) in [5.41, 5.74) is 18.8. The van der Waals surface area contributed by atoms with Crippen LogP contribution >= 0.6 is 22.6 Å². The van der Waals surface area contributed by atoms with Crippen molar-refractivity contribution in [1.82, 2.24) is 0 Å². The fourth-order valence-electron chi connectivity index (χ4n) is 5.80. The molecular formula is C29H35I6N2O2-5. The predicted octanol–water partition coefficient (Wildman–Crippen LogP) is -10.2. The fraction of sp³-hybridized carbons (Fsp3) is 0.379. The van der Waals surface area contributed by atoms with Gasteiger partial charge in [0.05, 0.1) is 0 Å². The third-order valence-electron chi connectivity index (χ3n) is 7.36. The van der Waals surface area contributed by atoms with Crippen molar-refractivity contribution in [3.8, 4) is 5.75 Å². The number of phenolic OH excluding ortho intramolecular Hbond substituents is 1. The molecule has 0 heterocycles. The molecule has 0 saturated carbocycles. The van der Waals surface area contributed by atoms with E-state index in [-0.39, 0.29) is 106 Å². The summed E-state index contributed by atoms with van der Waals surface area (Å²) in [5.74, 6) is 0.395. The zero-order valence-electron chi connectivity index (χ0n) is 23.5. The van der Waals surface area contributed by atoms with Crippen LogP contribution in [0.2, 0.25) is 0 Å². The standard InChI is InChI=1S/C29H35I6N2O2/c1-10-14-11(2)28(39)21-20(26(34-8)23(31-5)12(3)22(21)30)17(14)19-18(15(10)29(36)37)27(35-9)25(33-7)16(13(4)38)24(19)32-6/h13,29,38-39H,36-37H2,1-9H3/q-5. The number of aliphatic hydroxyl groups is 1. The van der Waals surface area contributed by atoms with Gasteiger partial charge in [0, 0.05) is 0 Å². The van der Waals surface area contributed by atoms with E-state index in [0.717, 1.165) is 27.5 Å². The Labute approximate surface area is 297 Å². The summed E-state index contributed by atoms with van der Waals surface area (Å²) in [7, 11) is 0. The van der Waals surface area contributed by atoms with Gasteiger partial charge < -0.3 is 0 Å². The van der Waals surface area contributed by atoms with Crippen LogP contribution in [0.3, 0.4) is 0 Å². The molecule has 0 amide bonds. The molecule has 4 aromatic rings. The molecule has 0 spiro atoms. The second-order valence-corrected chi connectivity index (χ2v) is 21.2. The van der Waals surface area contributed by atoms with Crippen LogP contribution in [0.4, 0.5) is 0 Å². The molecule has 39 heavy (non-hydrogen) atoms. The Morgan fingerprint density at radius 3 is 1.54 bits per heavy atom. The van der Waals surface area contributed by atoms with Crippen LogP contribution in [0.25, 0.3) is 32.3 Å². The summed E-state index contributed by atoms with van der Waals surface area (Å²) in [6.07, 6.45) is -1.12. The van der Waals surface area contributed by atoms with E-state index in [0.29, 0.717) is 5.75 Å². The van der Waals surface area contributed by atoms with Crippen molar-refractivity contribution in [3.05, 3.63) is 49.2 Å². The summed E-state index contributed by atoms with van der Waals surface area (Å²) in [6.45, 7) is 8.41. The second kappa shape index (κ2) is 13.4. The van der Waals surface area contributed by atoms with E-state index in [1.165, 1.54) is 50.5 Å². The molecular weight excluding hydrogens is 1170 g/mol. The van der Waals surface area contributed by atoms with Crippen LogP contribution in [0.1, 0.15) is 47.0 Å². The Morgan fingerprint density at radius 2 is 1.08 bits per heavy atom. The molecule has 0 aromatic heterocycles. The molecule has 0 radical (unpaired) electrons. The van der Waals surface area contributed by atoms with Crippen LogP contribution in [0.5, 0.6) is 5.75 Å². The van der Waals surface area contributed by atoms with Crippen LogP contribution in [-0.4, -0.2) is 34.9 Å². The fourth-order valence-corrected chi connectivity index (χ4v) is 23.2. The van der Waals surface area contributed by atoms with Gasteiger partial charge in [-0.1, -0.05) is 0 Å². The number of nitrogens with two attached hydrogens (primary N) is 2. The van der Waals surface area contributed by atoms with Gasteiger partial charge in [-0.3, -0.25) is 0 Å². The number of hydrogen-bond acceptors (Lipinski definition) is 4. The number of aromatic hydroxyl groups is 1. The molecule has 6 N–H and O–H groups in total. The van der Waals surface area contributed by atoms with Gasteiger partial charge in [-0.2, -0.15) is 0 Å². The van der Waals surface area contributed by atoms with Gasteiger partial charge in [-0.05, 0) is 0 Å². The van der Waals surface area contributed by atoms with E-state index in [4.69, 9.17) is 11.5 Å². The first-order valence-electron chi connectivity index (χ1n) is 12.1. The molecule has 0 bridgehead atoms. The Balaban J connectivity index is 2.66. The van der Waals surface area contributed by atoms with Gasteiger partial charge >= 0.3 is 302 Å². The van der Waals surface area contributed by atoms with Gasteiger partial charge in [0.1, 0.15) is 0 Å². The van der Waals surface area contributed by atoms with Crippen LogP contribution in [-0.2, 0) is 0 Å². The van der Waals surface area contributed by atoms with Crippen LogP contribution < -0.4 is 117 Å². The van der Waals surface area contributed by atoms with E-state index < -0.39 is 12.3 Å². The summed E-state index contributed by atoms with van der Waals surface area (Å²) in [5, 5.41) is 30.3. The van der Waals surface area contributed by atoms with E-state index in [1.54, 1.807) is 3.57 Å². The molecule has 220 valence electrons. The van der Waals surface area contributed by atoms with Crippen LogP contribution in [0.15, 0.2) is 0 Å². The van der Waals surface area contributed by atoms with Gasteiger partial charge in [0.2, 0.25) is 0 Å².